The average Bonchev–Trinajstić information content (AvgIpc) is 2.54. The number of anilines is 1. The molecule has 1 aromatic carbocycles. The number of ketones is 1. The monoisotopic (exact) mass is 230 g/mol. The van der Waals surface area contributed by atoms with Crippen LogP contribution in [0.4, 0.5) is 11.4 Å². The van der Waals surface area contributed by atoms with Crippen LogP contribution in [0.15, 0.2) is 18.2 Å². The van der Waals surface area contributed by atoms with Crippen molar-refractivity contribution in [1.82, 2.24) is 0 Å². The largest absolute Gasteiger partial charge is 0.300 e. The minimum atomic E-state index is -0.765. The van der Waals surface area contributed by atoms with E-state index in [4.69, 9.17) is 6.42 Å². The maximum Gasteiger partial charge on any atom is 0.300 e. The number of carbonyl (C=O) groups excluding carboxylic acids is 2. The first-order chi connectivity index (χ1) is 8.06. The number of carbonyl (C=O) groups is 2. The summed E-state index contributed by atoms with van der Waals surface area (Å²) in [6, 6.07) is 3.67. The Morgan fingerprint density at radius 3 is 2.71 bits per heavy atom. The number of nitro groups is 1. The lowest BCUT2D eigenvalue weighted by Gasteiger charge is -2.11. The van der Waals surface area contributed by atoms with Crippen molar-refractivity contribution in [3.63, 3.8) is 0 Å². The Balaban J connectivity index is 2.55. The fourth-order valence-electron chi connectivity index (χ4n) is 1.65. The number of fused-ring (bicyclic) bond motifs is 1. The van der Waals surface area contributed by atoms with Crippen molar-refractivity contribution < 1.29 is 14.5 Å². The molecule has 0 N–H and O–H groups in total. The van der Waals surface area contributed by atoms with Gasteiger partial charge in [-0.05, 0) is 6.07 Å². The third-order valence-corrected chi connectivity index (χ3v) is 2.42. The van der Waals surface area contributed by atoms with Gasteiger partial charge in [-0.15, -0.1) is 6.42 Å². The molecule has 17 heavy (non-hydrogen) atoms. The Hall–Kier alpha value is -2.68. The molecule has 0 saturated heterocycles. The topological polar surface area (TPSA) is 80.5 Å². The van der Waals surface area contributed by atoms with Crippen molar-refractivity contribution in [2.24, 2.45) is 0 Å². The summed E-state index contributed by atoms with van der Waals surface area (Å²) >= 11 is 0. The number of amides is 1. The molecule has 0 aromatic heterocycles. The smallest absolute Gasteiger partial charge is 0.293 e. The van der Waals surface area contributed by atoms with E-state index in [9.17, 15) is 19.7 Å². The summed E-state index contributed by atoms with van der Waals surface area (Å²) in [4.78, 5) is 34.2. The highest BCUT2D eigenvalue weighted by molar-refractivity contribution is 6.52. The highest BCUT2D eigenvalue weighted by Gasteiger charge is 2.36. The minimum absolute atomic E-state index is 0.0273. The second-order valence-electron chi connectivity index (χ2n) is 3.38. The van der Waals surface area contributed by atoms with Crippen molar-refractivity contribution in [3.8, 4) is 12.3 Å². The lowest BCUT2D eigenvalue weighted by molar-refractivity contribution is -0.384. The summed E-state index contributed by atoms with van der Waals surface area (Å²) in [5.74, 6) is 0.742. The van der Waals surface area contributed by atoms with Crippen LogP contribution in [0.3, 0.4) is 0 Å². The summed E-state index contributed by atoms with van der Waals surface area (Å²) in [5, 5.41) is 10.6. The van der Waals surface area contributed by atoms with Crippen LogP contribution >= 0.6 is 0 Å². The molecule has 0 spiro atoms. The van der Waals surface area contributed by atoms with Gasteiger partial charge in [0.15, 0.2) is 0 Å². The van der Waals surface area contributed by atoms with Gasteiger partial charge in [0.2, 0.25) is 0 Å². The molecular weight excluding hydrogens is 224 g/mol. The van der Waals surface area contributed by atoms with Crippen molar-refractivity contribution in [2.45, 2.75) is 0 Å². The number of rotatable bonds is 2. The van der Waals surface area contributed by atoms with Crippen LogP contribution in [0.25, 0.3) is 0 Å². The van der Waals surface area contributed by atoms with Gasteiger partial charge in [0, 0.05) is 12.1 Å². The third-order valence-electron chi connectivity index (χ3n) is 2.42. The predicted molar refractivity (Wildman–Crippen MR) is 58.6 cm³/mol. The van der Waals surface area contributed by atoms with E-state index in [0.29, 0.717) is 5.69 Å². The van der Waals surface area contributed by atoms with Gasteiger partial charge in [-0.1, -0.05) is 5.92 Å². The summed E-state index contributed by atoms with van der Waals surface area (Å²) in [6.07, 6.45) is 5.09. The Morgan fingerprint density at radius 1 is 1.41 bits per heavy atom. The van der Waals surface area contributed by atoms with Gasteiger partial charge >= 0.3 is 0 Å². The molecule has 0 atom stereocenters. The molecule has 1 heterocycles. The van der Waals surface area contributed by atoms with Crippen LogP contribution in [0.2, 0.25) is 0 Å². The van der Waals surface area contributed by atoms with Gasteiger partial charge in [0.1, 0.15) is 0 Å². The Labute approximate surface area is 96.0 Å². The van der Waals surface area contributed by atoms with E-state index < -0.39 is 16.6 Å². The van der Waals surface area contributed by atoms with E-state index in [1.807, 2.05) is 0 Å². The number of non-ortho nitro benzene ring substituents is 1. The average molecular weight is 230 g/mol. The van der Waals surface area contributed by atoms with Crippen LogP contribution < -0.4 is 4.90 Å². The van der Waals surface area contributed by atoms with E-state index in [-0.39, 0.29) is 17.8 Å². The second kappa shape index (κ2) is 3.72. The van der Waals surface area contributed by atoms with Crippen LogP contribution in [-0.4, -0.2) is 23.2 Å². The zero-order valence-electron chi connectivity index (χ0n) is 8.54. The lowest BCUT2D eigenvalue weighted by Crippen LogP contribution is -2.29. The summed E-state index contributed by atoms with van der Waals surface area (Å²) < 4.78 is 0. The van der Waals surface area contributed by atoms with Gasteiger partial charge in [-0.2, -0.15) is 0 Å². The highest BCUT2D eigenvalue weighted by Crippen LogP contribution is 2.31. The maximum absolute atomic E-state index is 11.6. The SMILES string of the molecule is C#CCN1C(=O)C(=O)c2cc([N+](=O)[O-])ccc21. The number of hydrogen-bond donors (Lipinski definition) is 0. The Morgan fingerprint density at radius 2 is 2.12 bits per heavy atom. The first kappa shape index (κ1) is 10.8. The predicted octanol–water partition coefficient (Wildman–Crippen LogP) is 0.757. The molecule has 0 aliphatic carbocycles. The lowest BCUT2D eigenvalue weighted by atomic mass is 10.1. The van der Waals surface area contributed by atoms with Crippen LogP contribution in [0.5, 0.6) is 0 Å². The fourth-order valence-corrected chi connectivity index (χ4v) is 1.65. The van der Waals surface area contributed by atoms with Crippen molar-refractivity contribution in [2.75, 3.05) is 11.4 Å². The molecule has 1 aromatic rings. The van der Waals surface area contributed by atoms with Gasteiger partial charge in [-0.3, -0.25) is 24.6 Å². The molecule has 0 saturated carbocycles. The van der Waals surface area contributed by atoms with Crippen LogP contribution in [-0.2, 0) is 4.79 Å². The first-order valence-electron chi connectivity index (χ1n) is 4.64. The fraction of sp³-hybridized carbons (Fsp3) is 0.0909. The molecule has 0 bridgehead atoms. The van der Waals surface area contributed by atoms with E-state index in [2.05, 4.69) is 5.92 Å². The normalized spacial score (nSPS) is 13.5. The molecule has 1 aliphatic rings. The molecule has 2 rings (SSSR count). The number of benzene rings is 1. The Bertz CT molecular complexity index is 586. The van der Waals surface area contributed by atoms with E-state index in [1.165, 1.54) is 12.1 Å². The van der Waals surface area contributed by atoms with E-state index >= 15 is 0 Å². The number of nitro benzene ring substituents is 1. The molecule has 0 unspecified atom stereocenters. The molecule has 84 valence electrons. The van der Waals surface area contributed by atoms with Gasteiger partial charge in [0.25, 0.3) is 17.4 Å². The van der Waals surface area contributed by atoms with Gasteiger partial charge < -0.3 is 0 Å². The summed E-state index contributed by atoms with van der Waals surface area (Å²) in [6.45, 7) is -0.0324. The van der Waals surface area contributed by atoms with Crippen LogP contribution in [0, 0.1) is 22.5 Å². The Kier molecular flexibility index (Phi) is 2.37. The quantitative estimate of drug-likeness (QED) is 0.325. The van der Waals surface area contributed by atoms with Crippen molar-refractivity contribution in [1.29, 1.82) is 0 Å². The van der Waals surface area contributed by atoms with Gasteiger partial charge in [-0.25, -0.2) is 0 Å². The number of terminal acetylenes is 1. The molecule has 1 amide bonds. The van der Waals surface area contributed by atoms with E-state index in [0.717, 1.165) is 11.0 Å². The van der Waals surface area contributed by atoms with Crippen molar-refractivity contribution >= 4 is 23.1 Å². The molecule has 0 fully saturated rings. The first-order valence-corrected chi connectivity index (χ1v) is 4.64. The second-order valence-corrected chi connectivity index (χ2v) is 3.38. The number of hydrogen-bond acceptors (Lipinski definition) is 4. The highest BCUT2D eigenvalue weighted by atomic mass is 16.6. The summed E-state index contributed by atoms with van der Waals surface area (Å²) in [7, 11) is 0. The van der Waals surface area contributed by atoms with Crippen molar-refractivity contribution in [3.05, 3.63) is 33.9 Å². The molecule has 6 heteroatoms. The summed E-state index contributed by atoms with van der Waals surface area (Å²) in [5.41, 5.74) is 0.121. The van der Waals surface area contributed by atoms with E-state index in [1.54, 1.807) is 0 Å². The zero-order chi connectivity index (χ0) is 12.6. The number of Topliss-reactive ketones (excluding diaryl/α,β-unsaturated/α-hetero) is 1. The molecule has 1 aliphatic heterocycles. The molecule has 6 nitrogen and oxygen atoms in total. The zero-order valence-corrected chi connectivity index (χ0v) is 8.54. The standard InChI is InChI=1S/C11H6N2O4/c1-2-5-12-9-4-3-7(13(16)17)6-8(9)10(14)11(12)15/h1,3-4,6H,5H2. The molecular formula is C11H6N2O4. The number of nitrogens with zero attached hydrogens (tertiary/aromatic N) is 2. The minimum Gasteiger partial charge on any atom is -0.293 e. The maximum atomic E-state index is 11.6. The third kappa shape index (κ3) is 1.54. The van der Waals surface area contributed by atoms with Crippen LogP contribution in [0.1, 0.15) is 10.4 Å². The van der Waals surface area contributed by atoms with Gasteiger partial charge in [0.05, 0.1) is 22.7 Å². The molecule has 0 radical (unpaired) electrons.